The molecule has 3 rings (SSSR count). The summed E-state index contributed by atoms with van der Waals surface area (Å²) >= 11 is 0. The molecule has 0 aliphatic carbocycles. The lowest BCUT2D eigenvalue weighted by molar-refractivity contribution is -0.128. The minimum absolute atomic E-state index is 0.115. The Morgan fingerprint density at radius 2 is 1.93 bits per heavy atom. The number of carbonyl (C=O) groups excluding carboxylic acids is 2. The van der Waals surface area contributed by atoms with E-state index in [2.05, 4.69) is 24.5 Å². The zero-order valence-electron chi connectivity index (χ0n) is 18.2. The average molecular weight is 410 g/mol. The number of carbonyl (C=O) groups is 2. The first kappa shape index (κ1) is 21.7. The van der Waals surface area contributed by atoms with E-state index in [0.29, 0.717) is 24.8 Å². The summed E-state index contributed by atoms with van der Waals surface area (Å²) in [7, 11) is 0. The zero-order chi connectivity index (χ0) is 21.7. The molecular weight excluding hydrogens is 378 g/mol. The Labute approximate surface area is 178 Å². The van der Waals surface area contributed by atoms with Crippen LogP contribution in [-0.4, -0.2) is 37.6 Å². The smallest absolute Gasteiger partial charge is 0.262 e. The van der Waals surface area contributed by atoms with Gasteiger partial charge in [0.25, 0.3) is 5.91 Å². The lowest BCUT2D eigenvalue weighted by Gasteiger charge is -2.35. The number of hydrogen-bond acceptors (Lipinski definition) is 4. The number of rotatable bonds is 7. The molecule has 0 saturated carbocycles. The van der Waals surface area contributed by atoms with Gasteiger partial charge in [-0.25, -0.2) is 0 Å². The third-order valence-corrected chi connectivity index (χ3v) is 5.23. The molecule has 2 amide bonds. The predicted molar refractivity (Wildman–Crippen MR) is 120 cm³/mol. The largest absolute Gasteiger partial charge is 0.477 e. The van der Waals surface area contributed by atoms with Gasteiger partial charge in [-0.05, 0) is 42.5 Å². The van der Waals surface area contributed by atoms with Gasteiger partial charge in [0.2, 0.25) is 5.91 Å². The molecule has 0 fully saturated rings. The third kappa shape index (κ3) is 4.93. The molecule has 1 aliphatic heterocycles. The molecule has 2 N–H and O–H groups in total. The van der Waals surface area contributed by atoms with E-state index in [1.807, 2.05) is 61.2 Å². The summed E-state index contributed by atoms with van der Waals surface area (Å²) in [4.78, 5) is 27.4. The molecule has 0 aromatic heterocycles. The van der Waals surface area contributed by atoms with E-state index in [9.17, 15) is 9.59 Å². The second-order valence-corrected chi connectivity index (χ2v) is 7.99. The molecule has 0 spiro atoms. The molecule has 2 aromatic rings. The number of amides is 2. The Kier molecular flexibility index (Phi) is 6.98. The van der Waals surface area contributed by atoms with Gasteiger partial charge in [-0.2, -0.15) is 0 Å². The highest BCUT2D eigenvalue weighted by Gasteiger charge is 2.31. The maximum absolute atomic E-state index is 13.0. The van der Waals surface area contributed by atoms with E-state index in [-0.39, 0.29) is 18.4 Å². The fourth-order valence-electron chi connectivity index (χ4n) is 3.65. The van der Waals surface area contributed by atoms with Crippen molar-refractivity contribution >= 4 is 23.2 Å². The number of nitrogens with zero attached hydrogens (tertiary/aromatic N) is 1. The topological polar surface area (TPSA) is 70.7 Å². The number of benzene rings is 2. The van der Waals surface area contributed by atoms with Gasteiger partial charge in [0.1, 0.15) is 5.75 Å². The summed E-state index contributed by atoms with van der Waals surface area (Å²) in [6.45, 7) is 9.30. The summed E-state index contributed by atoms with van der Waals surface area (Å²) in [5.41, 5.74) is 3.84. The second kappa shape index (κ2) is 9.65. The first-order valence-corrected chi connectivity index (χ1v) is 10.6. The van der Waals surface area contributed by atoms with Gasteiger partial charge in [-0.15, -0.1) is 0 Å². The minimum atomic E-state index is -0.649. The van der Waals surface area contributed by atoms with Crippen molar-refractivity contribution in [1.82, 2.24) is 5.32 Å². The highest BCUT2D eigenvalue weighted by Crippen LogP contribution is 2.33. The molecule has 160 valence electrons. The minimum Gasteiger partial charge on any atom is -0.477 e. The van der Waals surface area contributed by atoms with Crippen molar-refractivity contribution in [2.45, 2.75) is 46.1 Å². The van der Waals surface area contributed by atoms with E-state index in [4.69, 9.17) is 4.74 Å². The van der Waals surface area contributed by atoms with Crippen LogP contribution in [0.4, 0.5) is 11.4 Å². The van der Waals surface area contributed by atoms with Crippen molar-refractivity contribution in [2.24, 2.45) is 0 Å². The third-order valence-electron chi connectivity index (χ3n) is 5.23. The highest BCUT2D eigenvalue weighted by atomic mass is 16.5. The summed E-state index contributed by atoms with van der Waals surface area (Å²) in [5, 5.41) is 5.98. The van der Waals surface area contributed by atoms with Crippen LogP contribution in [0.2, 0.25) is 0 Å². The lowest BCUT2D eigenvalue weighted by atomic mass is 9.98. The van der Waals surface area contributed by atoms with Gasteiger partial charge in [-0.3, -0.25) is 9.59 Å². The molecule has 1 atom stereocenters. The summed E-state index contributed by atoms with van der Waals surface area (Å²) in [6.07, 6.45) is 0.208. The van der Waals surface area contributed by atoms with Crippen molar-refractivity contribution in [1.29, 1.82) is 0 Å². The first-order valence-electron chi connectivity index (χ1n) is 10.6. The Hall–Kier alpha value is -3.02. The molecule has 2 aromatic carbocycles. The molecule has 0 bridgehead atoms. The Bertz CT molecular complexity index is 910. The normalized spacial score (nSPS) is 15.4. The zero-order valence-corrected chi connectivity index (χ0v) is 18.2. The molecular formula is C24H31N3O3. The highest BCUT2D eigenvalue weighted by molar-refractivity contribution is 5.96. The number of aryl methyl sites for hydroxylation is 1. The number of ether oxygens (including phenoxy) is 1. The summed E-state index contributed by atoms with van der Waals surface area (Å²) < 4.78 is 5.91. The fraction of sp³-hybridized carbons (Fsp3) is 0.417. The Morgan fingerprint density at radius 3 is 2.67 bits per heavy atom. The van der Waals surface area contributed by atoms with E-state index in [1.54, 1.807) is 0 Å². The Morgan fingerprint density at radius 1 is 1.17 bits per heavy atom. The molecule has 30 heavy (non-hydrogen) atoms. The predicted octanol–water partition coefficient (Wildman–Crippen LogP) is 3.85. The molecule has 0 radical (unpaired) electrons. The van der Waals surface area contributed by atoms with Crippen molar-refractivity contribution in [3.8, 4) is 5.75 Å². The number of para-hydroxylation sites is 3. The molecule has 6 nitrogen and oxygen atoms in total. The molecule has 1 unspecified atom stereocenters. The monoisotopic (exact) mass is 409 g/mol. The van der Waals surface area contributed by atoms with Gasteiger partial charge < -0.3 is 20.3 Å². The molecule has 1 heterocycles. The SMILES string of the molecule is CCCNC(=O)C1CN(CC(=O)Nc2c(C)cccc2C(C)C)c2ccccc2O1. The summed E-state index contributed by atoms with van der Waals surface area (Å²) in [6, 6.07) is 13.6. The van der Waals surface area contributed by atoms with Crippen molar-refractivity contribution < 1.29 is 14.3 Å². The standard InChI is InChI=1S/C24H31N3O3/c1-5-13-25-24(29)21-14-27(19-11-6-7-12-20(19)30-21)15-22(28)26-23-17(4)9-8-10-18(23)16(2)3/h6-12,16,21H,5,13-15H2,1-4H3,(H,25,29)(H,26,28). The van der Waals surface area contributed by atoms with E-state index >= 15 is 0 Å². The van der Waals surface area contributed by atoms with Crippen LogP contribution in [0.3, 0.4) is 0 Å². The van der Waals surface area contributed by atoms with Crippen molar-refractivity contribution in [2.75, 3.05) is 29.9 Å². The van der Waals surface area contributed by atoms with Crippen LogP contribution >= 0.6 is 0 Å². The van der Waals surface area contributed by atoms with Gasteiger partial charge in [-0.1, -0.05) is 51.1 Å². The van der Waals surface area contributed by atoms with Crippen molar-refractivity contribution in [3.63, 3.8) is 0 Å². The van der Waals surface area contributed by atoms with Crippen LogP contribution in [0, 0.1) is 6.92 Å². The number of anilines is 2. The van der Waals surface area contributed by atoms with Gasteiger partial charge >= 0.3 is 0 Å². The Balaban J connectivity index is 1.78. The first-order chi connectivity index (χ1) is 14.4. The second-order valence-electron chi connectivity index (χ2n) is 7.99. The van der Waals surface area contributed by atoms with Crippen molar-refractivity contribution in [3.05, 3.63) is 53.6 Å². The van der Waals surface area contributed by atoms with E-state index in [1.165, 1.54) is 0 Å². The quantitative estimate of drug-likeness (QED) is 0.729. The number of fused-ring (bicyclic) bond motifs is 1. The lowest BCUT2D eigenvalue weighted by Crippen LogP contribution is -2.50. The maximum Gasteiger partial charge on any atom is 0.262 e. The van der Waals surface area contributed by atoms with Crippen LogP contribution < -0.4 is 20.3 Å². The van der Waals surface area contributed by atoms with Crippen LogP contribution in [0.15, 0.2) is 42.5 Å². The van der Waals surface area contributed by atoms with Crippen LogP contribution in [-0.2, 0) is 9.59 Å². The number of hydrogen-bond donors (Lipinski definition) is 2. The van der Waals surface area contributed by atoms with Crippen LogP contribution in [0.25, 0.3) is 0 Å². The van der Waals surface area contributed by atoms with Gasteiger partial charge in [0, 0.05) is 12.2 Å². The number of nitrogens with one attached hydrogen (secondary N) is 2. The fourth-order valence-corrected chi connectivity index (χ4v) is 3.65. The molecule has 1 aliphatic rings. The summed E-state index contributed by atoms with van der Waals surface area (Å²) in [5.74, 6) is 0.649. The average Bonchev–Trinajstić information content (AvgIpc) is 2.73. The molecule has 6 heteroatoms. The molecule has 0 saturated heterocycles. The van der Waals surface area contributed by atoms with Crippen LogP contribution in [0.5, 0.6) is 5.75 Å². The maximum atomic E-state index is 13.0. The van der Waals surface area contributed by atoms with E-state index in [0.717, 1.165) is 28.9 Å². The van der Waals surface area contributed by atoms with Crippen LogP contribution in [0.1, 0.15) is 44.2 Å². The van der Waals surface area contributed by atoms with Gasteiger partial charge in [0.15, 0.2) is 6.10 Å². The van der Waals surface area contributed by atoms with Gasteiger partial charge in [0.05, 0.1) is 18.8 Å². The van der Waals surface area contributed by atoms with E-state index < -0.39 is 6.10 Å².